The number of carboxylic acids is 1. The van der Waals surface area contributed by atoms with Crippen LogP contribution >= 0.6 is 0 Å². The monoisotopic (exact) mass is 217 g/mol. The summed E-state index contributed by atoms with van der Waals surface area (Å²) >= 11 is 0. The highest BCUT2D eigenvalue weighted by molar-refractivity contribution is 5.73. The Morgan fingerprint density at radius 3 is 2.40 bits per heavy atom. The summed E-state index contributed by atoms with van der Waals surface area (Å²) in [7, 11) is 1.70. The van der Waals surface area contributed by atoms with E-state index in [1.807, 2.05) is 0 Å². The van der Waals surface area contributed by atoms with Crippen LogP contribution in [0.25, 0.3) is 0 Å². The molecule has 1 unspecified atom stereocenters. The van der Waals surface area contributed by atoms with Crippen molar-refractivity contribution in [2.75, 3.05) is 20.2 Å². The predicted octanol–water partition coefficient (Wildman–Crippen LogP) is 0.735. The molecule has 0 fully saturated rings. The highest BCUT2D eigenvalue weighted by atomic mass is 16.5. The smallest absolute Gasteiger partial charge is 0.320 e. The molecule has 0 aliphatic heterocycles. The Kier molecular flexibility index (Phi) is 6.70. The number of carboxylic acid groups (broad SMARTS) is 1. The Bertz CT molecular complexity index is 217. The molecule has 5 nitrogen and oxygen atoms in total. The van der Waals surface area contributed by atoms with Crippen LogP contribution in [0.15, 0.2) is 0 Å². The third-order valence-electron chi connectivity index (χ3n) is 2.18. The number of ether oxygens (including phenoxy) is 1. The van der Waals surface area contributed by atoms with Crippen LogP contribution in [0.5, 0.6) is 0 Å². The number of esters is 1. The Morgan fingerprint density at radius 1 is 1.40 bits per heavy atom. The summed E-state index contributed by atoms with van der Waals surface area (Å²) in [6, 6.07) is -0.528. The predicted molar refractivity (Wildman–Crippen MR) is 55.6 cm³/mol. The Hall–Kier alpha value is -1.10. The van der Waals surface area contributed by atoms with E-state index in [9.17, 15) is 9.59 Å². The summed E-state index contributed by atoms with van der Waals surface area (Å²) < 4.78 is 4.75. The third-order valence-corrected chi connectivity index (χ3v) is 2.18. The molecule has 0 bridgehead atoms. The van der Waals surface area contributed by atoms with Gasteiger partial charge < -0.3 is 9.84 Å². The first-order chi connectivity index (χ1) is 7.02. The first-order valence-corrected chi connectivity index (χ1v) is 5.11. The molecule has 0 saturated heterocycles. The molecule has 0 aromatic rings. The van der Waals surface area contributed by atoms with Crippen molar-refractivity contribution in [1.82, 2.24) is 4.90 Å². The Morgan fingerprint density at radius 2 is 2.00 bits per heavy atom. The second kappa shape index (κ2) is 7.23. The number of carbonyl (C=O) groups excluding carboxylic acids is 1. The van der Waals surface area contributed by atoms with E-state index in [-0.39, 0.29) is 12.4 Å². The molecule has 1 N–H and O–H groups in total. The number of hydrogen-bond donors (Lipinski definition) is 1. The summed E-state index contributed by atoms with van der Waals surface area (Å²) in [6.45, 7) is 4.32. The Labute approximate surface area is 90.0 Å². The van der Waals surface area contributed by atoms with Gasteiger partial charge in [-0.15, -0.1) is 0 Å². The summed E-state index contributed by atoms with van der Waals surface area (Å²) in [5, 5.41) is 8.85. The molecule has 0 spiro atoms. The van der Waals surface area contributed by atoms with E-state index in [0.717, 1.165) is 0 Å². The second-order valence-electron chi connectivity index (χ2n) is 3.30. The van der Waals surface area contributed by atoms with Crippen molar-refractivity contribution in [3.8, 4) is 0 Å². The van der Waals surface area contributed by atoms with Gasteiger partial charge in [-0.3, -0.25) is 14.5 Å². The minimum absolute atomic E-state index is 0.230. The topological polar surface area (TPSA) is 66.8 Å². The molecule has 1 atom stereocenters. The van der Waals surface area contributed by atoms with Crippen molar-refractivity contribution in [3.05, 3.63) is 0 Å². The van der Waals surface area contributed by atoms with Crippen molar-refractivity contribution in [3.63, 3.8) is 0 Å². The SMILES string of the molecule is CCOC(=O)CCN(C)C(CC)C(=O)O. The van der Waals surface area contributed by atoms with E-state index in [2.05, 4.69) is 0 Å². The zero-order valence-electron chi connectivity index (χ0n) is 9.52. The van der Waals surface area contributed by atoms with Crippen LogP contribution in [0.2, 0.25) is 0 Å². The molecule has 5 heteroatoms. The second-order valence-corrected chi connectivity index (χ2v) is 3.30. The molecule has 0 saturated carbocycles. The van der Waals surface area contributed by atoms with Crippen molar-refractivity contribution in [1.29, 1.82) is 0 Å². The van der Waals surface area contributed by atoms with Gasteiger partial charge >= 0.3 is 11.9 Å². The van der Waals surface area contributed by atoms with E-state index in [4.69, 9.17) is 9.84 Å². The van der Waals surface area contributed by atoms with E-state index in [1.54, 1.807) is 25.8 Å². The van der Waals surface area contributed by atoms with Crippen LogP contribution in [0.1, 0.15) is 26.7 Å². The maximum absolute atomic E-state index is 11.0. The average Bonchev–Trinajstić information content (AvgIpc) is 2.15. The van der Waals surface area contributed by atoms with Gasteiger partial charge in [0.15, 0.2) is 0 Å². The molecular formula is C10H19NO4. The standard InChI is InChI=1S/C10H19NO4/c1-4-8(10(13)14)11(3)7-6-9(12)15-5-2/h8H,4-7H2,1-3H3,(H,13,14). The van der Waals surface area contributed by atoms with E-state index < -0.39 is 12.0 Å². The lowest BCUT2D eigenvalue weighted by Crippen LogP contribution is -2.39. The fraction of sp³-hybridized carbons (Fsp3) is 0.800. The summed E-state index contributed by atoms with van der Waals surface area (Å²) in [6.07, 6.45) is 0.753. The molecule has 0 aromatic carbocycles. The van der Waals surface area contributed by atoms with Crippen LogP contribution in [-0.4, -0.2) is 48.2 Å². The average molecular weight is 217 g/mol. The number of nitrogens with zero attached hydrogens (tertiary/aromatic N) is 1. The number of rotatable bonds is 7. The molecule has 15 heavy (non-hydrogen) atoms. The van der Waals surface area contributed by atoms with Crippen LogP contribution < -0.4 is 0 Å². The lowest BCUT2D eigenvalue weighted by atomic mass is 10.2. The van der Waals surface area contributed by atoms with Gasteiger partial charge in [-0.2, -0.15) is 0 Å². The lowest BCUT2D eigenvalue weighted by Gasteiger charge is -2.22. The van der Waals surface area contributed by atoms with Gasteiger partial charge in [0.25, 0.3) is 0 Å². The molecular weight excluding hydrogens is 198 g/mol. The minimum atomic E-state index is -0.858. The van der Waals surface area contributed by atoms with Crippen LogP contribution in [0, 0.1) is 0 Å². The molecule has 0 radical (unpaired) electrons. The van der Waals surface area contributed by atoms with Crippen LogP contribution in [0.4, 0.5) is 0 Å². The van der Waals surface area contributed by atoms with Gasteiger partial charge in [0.05, 0.1) is 13.0 Å². The highest BCUT2D eigenvalue weighted by Crippen LogP contribution is 2.03. The zero-order chi connectivity index (χ0) is 11.8. The van der Waals surface area contributed by atoms with Crippen molar-refractivity contribution < 1.29 is 19.4 Å². The minimum Gasteiger partial charge on any atom is -0.480 e. The third kappa shape index (κ3) is 5.37. The van der Waals surface area contributed by atoms with Gasteiger partial charge in [-0.05, 0) is 20.4 Å². The maximum Gasteiger partial charge on any atom is 0.320 e. The molecule has 88 valence electrons. The van der Waals surface area contributed by atoms with Crippen molar-refractivity contribution >= 4 is 11.9 Å². The zero-order valence-corrected chi connectivity index (χ0v) is 9.52. The van der Waals surface area contributed by atoms with E-state index in [0.29, 0.717) is 19.6 Å². The van der Waals surface area contributed by atoms with Crippen LogP contribution in [0.3, 0.4) is 0 Å². The number of carbonyl (C=O) groups is 2. The first kappa shape index (κ1) is 13.9. The maximum atomic E-state index is 11.0. The molecule has 0 rings (SSSR count). The fourth-order valence-corrected chi connectivity index (χ4v) is 1.33. The molecule has 0 aliphatic carbocycles. The normalized spacial score (nSPS) is 12.5. The van der Waals surface area contributed by atoms with Crippen molar-refractivity contribution in [2.45, 2.75) is 32.7 Å². The number of likely N-dealkylation sites (N-methyl/N-ethyl adjacent to an activating group) is 1. The molecule has 0 amide bonds. The largest absolute Gasteiger partial charge is 0.480 e. The number of hydrogen-bond acceptors (Lipinski definition) is 4. The lowest BCUT2D eigenvalue weighted by molar-refractivity contribution is -0.146. The van der Waals surface area contributed by atoms with E-state index in [1.165, 1.54) is 0 Å². The van der Waals surface area contributed by atoms with Gasteiger partial charge in [0.2, 0.25) is 0 Å². The highest BCUT2D eigenvalue weighted by Gasteiger charge is 2.20. The molecule has 0 heterocycles. The van der Waals surface area contributed by atoms with E-state index >= 15 is 0 Å². The summed E-state index contributed by atoms with van der Waals surface area (Å²) in [5.41, 5.74) is 0. The van der Waals surface area contributed by atoms with Crippen molar-refractivity contribution in [2.24, 2.45) is 0 Å². The summed E-state index contributed by atoms with van der Waals surface area (Å²) in [4.78, 5) is 23.5. The summed E-state index contributed by atoms with van der Waals surface area (Å²) in [5.74, 6) is -1.14. The van der Waals surface area contributed by atoms with Gasteiger partial charge in [0, 0.05) is 6.54 Å². The van der Waals surface area contributed by atoms with Gasteiger partial charge in [0.1, 0.15) is 6.04 Å². The quantitative estimate of drug-likeness (QED) is 0.637. The van der Waals surface area contributed by atoms with Crippen LogP contribution in [-0.2, 0) is 14.3 Å². The first-order valence-electron chi connectivity index (χ1n) is 5.11. The number of aliphatic carboxylic acids is 1. The Balaban J connectivity index is 3.95. The molecule has 0 aliphatic rings. The molecule has 0 aromatic heterocycles. The van der Waals surface area contributed by atoms with Gasteiger partial charge in [-0.25, -0.2) is 0 Å². The fourth-order valence-electron chi connectivity index (χ4n) is 1.33. The van der Waals surface area contributed by atoms with Gasteiger partial charge in [-0.1, -0.05) is 6.92 Å².